The molecule has 1 N–H and O–H groups in total. The highest BCUT2D eigenvalue weighted by atomic mass is 16.6. The largest absolute Gasteiger partial charge is 0.348 e. The minimum atomic E-state index is -0.343. The van der Waals surface area contributed by atoms with Crippen LogP contribution in [-0.2, 0) is 7.05 Å². The highest BCUT2D eigenvalue weighted by molar-refractivity contribution is 5.61. The van der Waals surface area contributed by atoms with E-state index >= 15 is 0 Å². The first-order valence-electron chi connectivity index (χ1n) is 5.67. The van der Waals surface area contributed by atoms with E-state index in [0.717, 1.165) is 19.6 Å². The number of hydrogen-bond donors (Lipinski definition) is 1. The Hall–Kier alpha value is -1.63. The molecule has 94 valence electrons. The number of anilines is 1. The van der Waals surface area contributed by atoms with Crippen LogP contribution in [0.15, 0.2) is 0 Å². The minimum absolute atomic E-state index is 0.126. The van der Waals surface area contributed by atoms with Crippen LogP contribution in [0.4, 0.5) is 11.5 Å². The molecule has 7 nitrogen and oxygen atoms in total. The van der Waals surface area contributed by atoms with Gasteiger partial charge in [-0.05, 0) is 13.8 Å². The zero-order chi connectivity index (χ0) is 12.6. The molecule has 1 aliphatic rings. The van der Waals surface area contributed by atoms with E-state index in [0.29, 0.717) is 17.6 Å². The number of rotatable bonds is 2. The van der Waals surface area contributed by atoms with Crippen LogP contribution < -0.4 is 10.2 Å². The normalized spacial score (nSPS) is 20.6. The standard InChI is InChI=1S/C10H17N5O2/c1-7-6-14(5-4-11-7)10-9(15(16)17)8(2)12-13(10)3/h7,11H,4-6H2,1-3H3. The van der Waals surface area contributed by atoms with Crippen molar-refractivity contribution in [2.75, 3.05) is 24.5 Å². The first-order chi connectivity index (χ1) is 8.00. The fraction of sp³-hybridized carbons (Fsp3) is 0.700. The molecule has 2 rings (SSSR count). The van der Waals surface area contributed by atoms with Gasteiger partial charge in [-0.25, -0.2) is 4.68 Å². The fourth-order valence-corrected chi connectivity index (χ4v) is 2.33. The van der Waals surface area contributed by atoms with Crippen molar-refractivity contribution in [2.24, 2.45) is 7.05 Å². The molecule has 0 aliphatic carbocycles. The summed E-state index contributed by atoms with van der Waals surface area (Å²) in [6.07, 6.45) is 0. The van der Waals surface area contributed by atoms with Gasteiger partial charge in [0.05, 0.1) is 4.92 Å². The number of aryl methyl sites for hydroxylation is 2. The van der Waals surface area contributed by atoms with E-state index in [1.165, 1.54) is 0 Å². The van der Waals surface area contributed by atoms with E-state index < -0.39 is 0 Å². The van der Waals surface area contributed by atoms with E-state index in [2.05, 4.69) is 17.3 Å². The van der Waals surface area contributed by atoms with Crippen LogP contribution in [0.1, 0.15) is 12.6 Å². The summed E-state index contributed by atoms with van der Waals surface area (Å²) in [6, 6.07) is 0.332. The van der Waals surface area contributed by atoms with Gasteiger partial charge in [-0.3, -0.25) is 10.1 Å². The van der Waals surface area contributed by atoms with E-state index in [1.807, 2.05) is 4.90 Å². The molecule has 0 bridgehead atoms. The van der Waals surface area contributed by atoms with Gasteiger partial charge in [0, 0.05) is 32.7 Å². The molecule has 0 radical (unpaired) electrons. The van der Waals surface area contributed by atoms with Crippen LogP contribution in [0.5, 0.6) is 0 Å². The minimum Gasteiger partial charge on any atom is -0.348 e. The molecule has 0 saturated carbocycles. The van der Waals surface area contributed by atoms with Crippen LogP contribution in [0.2, 0.25) is 0 Å². The summed E-state index contributed by atoms with van der Waals surface area (Å²) in [4.78, 5) is 12.8. The lowest BCUT2D eigenvalue weighted by molar-refractivity contribution is -0.384. The second kappa shape index (κ2) is 4.33. The summed E-state index contributed by atoms with van der Waals surface area (Å²) in [7, 11) is 1.75. The topological polar surface area (TPSA) is 76.2 Å². The van der Waals surface area contributed by atoms with Crippen molar-refractivity contribution in [3.8, 4) is 0 Å². The Balaban J connectivity index is 2.40. The maximum Gasteiger partial charge on any atom is 0.333 e. The van der Waals surface area contributed by atoms with Gasteiger partial charge in [0.2, 0.25) is 5.82 Å². The lowest BCUT2D eigenvalue weighted by Gasteiger charge is -2.32. The molecule has 1 saturated heterocycles. The molecule has 1 aromatic rings. The van der Waals surface area contributed by atoms with Crippen LogP contribution in [0.25, 0.3) is 0 Å². The maximum atomic E-state index is 11.1. The Labute approximate surface area is 99.6 Å². The first kappa shape index (κ1) is 11.8. The molecular formula is C10H17N5O2. The zero-order valence-electron chi connectivity index (χ0n) is 10.3. The summed E-state index contributed by atoms with van der Waals surface area (Å²) < 4.78 is 1.60. The fourth-order valence-electron chi connectivity index (χ4n) is 2.33. The van der Waals surface area contributed by atoms with E-state index in [4.69, 9.17) is 0 Å². The third kappa shape index (κ3) is 2.10. The Kier molecular flexibility index (Phi) is 3.01. The average Bonchev–Trinajstić information content (AvgIpc) is 2.53. The molecule has 17 heavy (non-hydrogen) atoms. The van der Waals surface area contributed by atoms with Crippen molar-refractivity contribution in [2.45, 2.75) is 19.9 Å². The lowest BCUT2D eigenvalue weighted by atomic mass is 10.2. The van der Waals surface area contributed by atoms with E-state index in [-0.39, 0.29) is 10.6 Å². The van der Waals surface area contributed by atoms with Gasteiger partial charge < -0.3 is 10.2 Å². The van der Waals surface area contributed by atoms with Gasteiger partial charge in [0.25, 0.3) is 0 Å². The van der Waals surface area contributed by atoms with Gasteiger partial charge in [0.15, 0.2) is 0 Å². The van der Waals surface area contributed by atoms with Gasteiger partial charge in [-0.15, -0.1) is 0 Å². The average molecular weight is 239 g/mol. The Morgan fingerprint density at radius 3 is 2.88 bits per heavy atom. The van der Waals surface area contributed by atoms with Crippen molar-refractivity contribution in [3.63, 3.8) is 0 Å². The van der Waals surface area contributed by atoms with Gasteiger partial charge in [-0.1, -0.05) is 0 Å². The number of nitrogens with zero attached hydrogens (tertiary/aromatic N) is 4. The SMILES string of the molecule is Cc1nn(C)c(N2CCNC(C)C2)c1[N+](=O)[O-]. The second-order valence-corrected chi connectivity index (χ2v) is 4.44. The second-order valence-electron chi connectivity index (χ2n) is 4.44. The Bertz CT molecular complexity index is 442. The predicted octanol–water partition coefficient (Wildman–Crippen LogP) is 0.435. The van der Waals surface area contributed by atoms with Gasteiger partial charge in [-0.2, -0.15) is 5.10 Å². The number of nitro groups is 1. The highest BCUT2D eigenvalue weighted by Gasteiger charge is 2.30. The Morgan fingerprint density at radius 1 is 1.59 bits per heavy atom. The smallest absolute Gasteiger partial charge is 0.333 e. The highest BCUT2D eigenvalue weighted by Crippen LogP contribution is 2.31. The third-order valence-electron chi connectivity index (χ3n) is 3.01. The van der Waals surface area contributed by atoms with E-state index in [9.17, 15) is 10.1 Å². The quantitative estimate of drug-likeness (QED) is 0.598. The van der Waals surface area contributed by atoms with Gasteiger partial charge >= 0.3 is 5.69 Å². The van der Waals surface area contributed by atoms with Crippen molar-refractivity contribution in [1.82, 2.24) is 15.1 Å². The third-order valence-corrected chi connectivity index (χ3v) is 3.01. The number of hydrogen-bond acceptors (Lipinski definition) is 5. The van der Waals surface area contributed by atoms with Crippen LogP contribution in [-0.4, -0.2) is 40.4 Å². The molecule has 0 aromatic carbocycles. The van der Waals surface area contributed by atoms with Crippen LogP contribution in [0.3, 0.4) is 0 Å². The van der Waals surface area contributed by atoms with Crippen molar-refractivity contribution in [3.05, 3.63) is 15.8 Å². The lowest BCUT2D eigenvalue weighted by Crippen LogP contribution is -2.50. The molecule has 1 unspecified atom stereocenters. The molecule has 7 heteroatoms. The van der Waals surface area contributed by atoms with Crippen LogP contribution in [0, 0.1) is 17.0 Å². The molecule has 1 aliphatic heterocycles. The molecule has 1 fully saturated rings. The number of aromatic nitrogens is 2. The summed E-state index contributed by atoms with van der Waals surface area (Å²) in [5.74, 6) is 0.612. The first-order valence-corrected chi connectivity index (χ1v) is 5.67. The monoisotopic (exact) mass is 239 g/mol. The molecule has 1 atom stereocenters. The molecule has 2 heterocycles. The molecular weight excluding hydrogens is 222 g/mol. The van der Waals surface area contributed by atoms with Crippen LogP contribution >= 0.6 is 0 Å². The zero-order valence-corrected chi connectivity index (χ0v) is 10.3. The summed E-state index contributed by atoms with van der Waals surface area (Å²) in [6.45, 7) is 6.11. The summed E-state index contributed by atoms with van der Waals surface area (Å²) >= 11 is 0. The predicted molar refractivity (Wildman–Crippen MR) is 64.3 cm³/mol. The van der Waals surface area contributed by atoms with E-state index in [1.54, 1.807) is 18.7 Å². The summed E-state index contributed by atoms with van der Waals surface area (Å²) in [5.41, 5.74) is 0.597. The molecule has 0 spiro atoms. The van der Waals surface area contributed by atoms with Crippen molar-refractivity contribution < 1.29 is 4.92 Å². The van der Waals surface area contributed by atoms with Gasteiger partial charge in [0.1, 0.15) is 5.69 Å². The van der Waals surface area contributed by atoms with Crippen molar-refractivity contribution >= 4 is 11.5 Å². The number of piperazine rings is 1. The van der Waals surface area contributed by atoms with Crippen molar-refractivity contribution in [1.29, 1.82) is 0 Å². The Morgan fingerprint density at radius 2 is 2.29 bits per heavy atom. The molecule has 1 aromatic heterocycles. The molecule has 0 amide bonds. The summed E-state index contributed by atoms with van der Waals surface area (Å²) in [5, 5.41) is 18.6. The number of nitrogens with one attached hydrogen (secondary N) is 1. The maximum absolute atomic E-state index is 11.1.